The smallest absolute Gasteiger partial charge is 0.251 e. The molecule has 0 saturated carbocycles. The normalized spacial score (nSPS) is 12.0. The molecule has 0 saturated heterocycles. The highest BCUT2D eigenvalue weighted by molar-refractivity contribution is 6.42. The van der Waals surface area contributed by atoms with Gasteiger partial charge >= 0.3 is 0 Å². The Morgan fingerprint density at radius 1 is 1.04 bits per heavy atom. The van der Waals surface area contributed by atoms with Crippen molar-refractivity contribution in [1.82, 2.24) is 10.6 Å². The summed E-state index contributed by atoms with van der Waals surface area (Å²) < 4.78 is 0. The number of hydrogen-bond donors (Lipinski definition) is 2. The molecule has 134 valence electrons. The Kier molecular flexibility index (Phi) is 7.30. The van der Waals surface area contributed by atoms with Gasteiger partial charge in [0, 0.05) is 18.2 Å². The molecule has 0 fully saturated rings. The van der Waals surface area contributed by atoms with Gasteiger partial charge in [-0.15, -0.1) is 0 Å². The van der Waals surface area contributed by atoms with Gasteiger partial charge in [-0.3, -0.25) is 4.79 Å². The molecular weight excluding hydrogens is 355 g/mol. The molecule has 0 aliphatic heterocycles. The molecule has 0 radical (unpaired) electrons. The summed E-state index contributed by atoms with van der Waals surface area (Å²) in [6.07, 6.45) is 1.00. The van der Waals surface area contributed by atoms with Gasteiger partial charge in [0.25, 0.3) is 5.91 Å². The van der Waals surface area contributed by atoms with Gasteiger partial charge in [-0.25, -0.2) is 0 Å². The predicted octanol–water partition coefficient (Wildman–Crippen LogP) is 5.08. The molecule has 0 spiro atoms. The molecule has 2 aromatic carbocycles. The zero-order chi connectivity index (χ0) is 18.4. The highest BCUT2D eigenvalue weighted by Crippen LogP contribution is 2.25. The second-order valence-electron chi connectivity index (χ2n) is 6.27. The van der Waals surface area contributed by atoms with E-state index >= 15 is 0 Å². The molecule has 3 nitrogen and oxygen atoms in total. The minimum Gasteiger partial charge on any atom is -0.350 e. The third kappa shape index (κ3) is 5.74. The van der Waals surface area contributed by atoms with Gasteiger partial charge in [-0.05, 0) is 56.6 Å². The van der Waals surface area contributed by atoms with E-state index in [9.17, 15) is 4.79 Å². The number of hydrogen-bond acceptors (Lipinski definition) is 2. The zero-order valence-corrected chi connectivity index (χ0v) is 16.3. The van der Waals surface area contributed by atoms with Gasteiger partial charge < -0.3 is 10.6 Å². The number of amides is 1. The average Bonchev–Trinajstić information content (AvgIpc) is 2.56. The summed E-state index contributed by atoms with van der Waals surface area (Å²) in [6.45, 7) is 7.41. The van der Waals surface area contributed by atoms with Crippen molar-refractivity contribution in [2.24, 2.45) is 0 Å². The molecule has 1 amide bonds. The maximum absolute atomic E-state index is 12.5. The van der Waals surface area contributed by atoms with Gasteiger partial charge in [-0.1, -0.05) is 53.4 Å². The highest BCUT2D eigenvalue weighted by Gasteiger charge is 2.15. The Labute approximate surface area is 159 Å². The Bertz CT molecular complexity index is 726. The van der Waals surface area contributed by atoms with Crippen LogP contribution in [-0.2, 0) is 0 Å². The van der Waals surface area contributed by atoms with Crippen LogP contribution in [0.3, 0.4) is 0 Å². The largest absolute Gasteiger partial charge is 0.350 e. The van der Waals surface area contributed by atoms with Crippen molar-refractivity contribution in [3.8, 4) is 0 Å². The summed E-state index contributed by atoms with van der Waals surface area (Å²) in [4.78, 5) is 12.5. The molecule has 5 heteroatoms. The number of halogens is 2. The van der Waals surface area contributed by atoms with Gasteiger partial charge in [0.15, 0.2) is 0 Å². The van der Waals surface area contributed by atoms with Crippen LogP contribution in [0, 0.1) is 13.8 Å². The lowest BCUT2D eigenvalue weighted by Crippen LogP contribution is -2.35. The van der Waals surface area contributed by atoms with E-state index in [1.54, 1.807) is 6.07 Å². The fraction of sp³-hybridized carbons (Fsp3) is 0.350. The summed E-state index contributed by atoms with van der Waals surface area (Å²) in [5.74, 6) is -0.0739. The molecule has 0 heterocycles. The fourth-order valence-electron chi connectivity index (χ4n) is 2.76. The minimum absolute atomic E-state index is 0.0235. The van der Waals surface area contributed by atoms with E-state index in [4.69, 9.17) is 23.2 Å². The molecule has 0 aromatic heterocycles. The summed E-state index contributed by atoms with van der Waals surface area (Å²) >= 11 is 12.1. The Hall–Kier alpha value is -1.55. The molecule has 0 aliphatic carbocycles. The van der Waals surface area contributed by atoms with E-state index in [0.717, 1.165) is 29.7 Å². The maximum Gasteiger partial charge on any atom is 0.251 e. The first-order valence-corrected chi connectivity index (χ1v) is 9.21. The number of rotatable bonds is 7. The van der Waals surface area contributed by atoms with E-state index in [0.29, 0.717) is 22.2 Å². The molecule has 25 heavy (non-hydrogen) atoms. The van der Waals surface area contributed by atoms with Crippen LogP contribution in [0.4, 0.5) is 0 Å². The summed E-state index contributed by atoms with van der Waals surface area (Å²) in [6, 6.07) is 11.4. The van der Waals surface area contributed by atoms with E-state index in [2.05, 4.69) is 23.6 Å². The van der Waals surface area contributed by atoms with Crippen LogP contribution in [-0.4, -0.2) is 19.0 Å². The first kappa shape index (κ1) is 19.8. The summed E-state index contributed by atoms with van der Waals surface area (Å²) in [5.41, 5.74) is 3.84. The molecule has 0 aliphatic rings. The van der Waals surface area contributed by atoms with Crippen LogP contribution in [0.25, 0.3) is 0 Å². The van der Waals surface area contributed by atoms with Crippen molar-refractivity contribution < 1.29 is 4.79 Å². The SMILES string of the molecule is CCCN[C@@H](CNC(=O)c1cc(C)cc(C)c1)c1ccc(Cl)c(Cl)c1. The Morgan fingerprint density at radius 2 is 1.72 bits per heavy atom. The quantitative estimate of drug-likeness (QED) is 0.704. The molecular formula is C20H24Cl2N2O. The van der Waals surface area contributed by atoms with Gasteiger partial charge in [0.05, 0.1) is 10.0 Å². The monoisotopic (exact) mass is 378 g/mol. The number of carbonyl (C=O) groups excluding carboxylic acids is 1. The lowest BCUT2D eigenvalue weighted by molar-refractivity contribution is 0.0949. The van der Waals surface area contributed by atoms with Crippen LogP contribution >= 0.6 is 23.2 Å². The first-order chi connectivity index (χ1) is 11.9. The van der Waals surface area contributed by atoms with Gasteiger partial charge in [-0.2, -0.15) is 0 Å². The number of carbonyl (C=O) groups is 1. The van der Waals surface area contributed by atoms with E-state index in [-0.39, 0.29) is 11.9 Å². The van der Waals surface area contributed by atoms with Crippen LogP contribution in [0.15, 0.2) is 36.4 Å². The Morgan fingerprint density at radius 3 is 2.32 bits per heavy atom. The minimum atomic E-state index is -0.0739. The number of aryl methyl sites for hydroxylation is 2. The Balaban J connectivity index is 2.11. The third-order valence-electron chi connectivity index (χ3n) is 3.94. The fourth-order valence-corrected chi connectivity index (χ4v) is 3.06. The maximum atomic E-state index is 12.5. The lowest BCUT2D eigenvalue weighted by Gasteiger charge is -2.20. The van der Waals surface area contributed by atoms with Crippen molar-refractivity contribution in [3.63, 3.8) is 0 Å². The summed E-state index contributed by atoms with van der Waals surface area (Å²) in [7, 11) is 0. The molecule has 1 atom stereocenters. The second kappa shape index (κ2) is 9.23. The van der Waals surface area contributed by atoms with Crippen LogP contribution in [0.1, 0.15) is 46.4 Å². The molecule has 2 N–H and O–H groups in total. The molecule has 0 unspecified atom stereocenters. The average molecular weight is 379 g/mol. The molecule has 0 bridgehead atoms. The first-order valence-electron chi connectivity index (χ1n) is 8.45. The highest BCUT2D eigenvalue weighted by atomic mass is 35.5. The van der Waals surface area contributed by atoms with Crippen molar-refractivity contribution >= 4 is 29.1 Å². The predicted molar refractivity (Wildman–Crippen MR) is 106 cm³/mol. The van der Waals surface area contributed by atoms with E-state index < -0.39 is 0 Å². The zero-order valence-electron chi connectivity index (χ0n) is 14.8. The van der Waals surface area contributed by atoms with Crippen molar-refractivity contribution in [1.29, 1.82) is 0 Å². The number of nitrogens with one attached hydrogen (secondary N) is 2. The van der Waals surface area contributed by atoms with Crippen LogP contribution in [0.2, 0.25) is 10.0 Å². The number of benzene rings is 2. The van der Waals surface area contributed by atoms with Crippen molar-refractivity contribution in [2.45, 2.75) is 33.2 Å². The van der Waals surface area contributed by atoms with Crippen molar-refractivity contribution in [3.05, 3.63) is 68.7 Å². The van der Waals surface area contributed by atoms with Gasteiger partial charge in [0.1, 0.15) is 0 Å². The second-order valence-corrected chi connectivity index (χ2v) is 7.08. The molecule has 2 rings (SSSR count). The van der Waals surface area contributed by atoms with Crippen LogP contribution in [0.5, 0.6) is 0 Å². The van der Waals surface area contributed by atoms with Gasteiger partial charge in [0.2, 0.25) is 0 Å². The molecule has 2 aromatic rings. The van der Waals surface area contributed by atoms with Crippen LogP contribution < -0.4 is 10.6 Å². The topological polar surface area (TPSA) is 41.1 Å². The summed E-state index contributed by atoms with van der Waals surface area (Å²) in [5, 5.41) is 7.51. The van der Waals surface area contributed by atoms with Crippen molar-refractivity contribution in [2.75, 3.05) is 13.1 Å². The standard InChI is InChI=1S/C20H24Cl2N2O/c1-4-7-23-19(15-5-6-17(21)18(22)11-15)12-24-20(25)16-9-13(2)8-14(3)10-16/h5-6,8-11,19,23H,4,7,12H2,1-3H3,(H,24,25)/t19-/m0/s1. The third-order valence-corrected chi connectivity index (χ3v) is 4.68. The lowest BCUT2D eigenvalue weighted by atomic mass is 10.1. The van der Waals surface area contributed by atoms with E-state index in [1.807, 2.05) is 38.1 Å². The van der Waals surface area contributed by atoms with E-state index in [1.165, 1.54) is 0 Å².